The van der Waals surface area contributed by atoms with Gasteiger partial charge in [0.05, 0.1) is 13.7 Å². The minimum atomic E-state index is -1.03. The Bertz CT molecular complexity index is 1290. The molecule has 0 aliphatic carbocycles. The Hall–Kier alpha value is -4.66. The molecule has 0 spiro atoms. The van der Waals surface area contributed by atoms with Gasteiger partial charge in [0.15, 0.2) is 0 Å². The van der Waals surface area contributed by atoms with Crippen LogP contribution in [-0.2, 0) is 9.59 Å². The zero-order chi connectivity index (χ0) is 27.5. The van der Waals surface area contributed by atoms with E-state index >= 15 is 0 Å². The van der Waals surface area contributed by atoms with E-state index in [2.05, 4.69) is 10.6 Å². The third-order valence-corrected chi connectivity index (χ3v) is 5.59. The number of Topliss-reactive ketones (excluding diaryl/α,β-unsaturated/α-hetero) is 1. The zero-order valence-corrected chi connectivity index (χ0v) is 21.2. The topological polar surface area (TPSA) is 121 Å². The van der Waals surface area contributed by atoms with Gasteiger partial charge in [-0.3, -0.25) is 15.0 Å². The number of methoxy groups -OCH3 is 1. The van der Waals surface area contributed by atoms with Gasteiger partial charge in [-0.15, -0.1) is 0 Å². The van der Waals surface area contributed by atoms with Crippen molar-refractivity contribution in [3.05, 3.63) is 95.9 Å². The van der Waals surface area contributed by atoms with Gasteiger partial charge >= 0.3 is 5.97 Å². The molecule has 3 aromatic carbocycles. The second kappa shape index (κ2) is 13.6. The van der Waals surface area contributed by atoms with Crippen molar-refractivity contribution >= 4 is 28.7 Å². The Morgan fingerprint density at radius 3 is 2.37 bits per heavy atom. The third-order valence-electron chi connectivity index (χ3n) is 5.59. The number of carbonyl (C=O) groups is 2. The molecule has 0 aliphatic heterocycles. The standard InChI is InChI=1S/C29H30FN3O5/c1-32-18-25(19-7-4-3-5-8-19)27(31)29(36)28(20-10-12-21(30)13-11-20)33-22-15-23(37-2)17-24(16-22)38-14-6-9-26(34)35/h3-5,7-8,10-13,15-18,28,31-33H,6,9,14H2,1-2H3,(H,34,35)/b25-18-,31-27?. The predicted octanol–water partition coefficient (Wildman–Crippen LogP) is 5.08. The lowest BCUT2D eigenvalue weighted by atomic mass is 9.92. The summed E-state index contributed by atoms with van der Waals surface area (Å²) in [5.74, 6) is -1.03. The van der Waals surface area contributed by atoms with Gasteiger partial charge in [0.25, 0.3) is 0 Å². The van der Waals surface area contributed by atoms with E-state index in [0.717, 1.165) is 0 Å². The highest BCUT2D eigenvalue weighted by molar-refractivity contribution is 6.56. The Balaban J connectivity index is 1.94. The first-order valence-corrected chi connectivity index (χ1v) is 11.9. The van der Waals surface area contributed by atoms with Crippen LogP contribution in [0.3, 0.4) is 0 Å². The van der Waals surface area contributed by atoms with Crippen molar-refractivity contribution in [1.82, 2.24) is 5.32 Å². The van der Waals surface area contributed by atoms with E-state index < -0.39 is 23.6 Å². The number of carbonyl (C=O) groups excluding carboxylic acids is 1. The summed E-state index contributed by atoms with van der Waals surface area (Å²) < 4.78 is 24.8. The summed E-state index contributed by atoms with van der Waals surface area (Å²) in [4.78, 5) is 24.5. The molecule has 0 amide bonds. The van der Waals surface area contributed by atoms with Crippen molar-refractivity contribution in [3.8, 4) is 11.5 Å². The van der Waals surface area contributed by atoms with Crippen molar-refractivity contribution in [1.29, 1.82) is 5.41 Å². The number of ether oxygens (including phenoxy) is 2. The minimum absolute atomic E-state index is 0.0256. The van der Waals surface area contributed by atoms with Crippen LogP contribution in [-0.4, -0.2) is 43.3 Å². The van der Waals surface area contributed by atoms with Crippen LogP contribution in [0.15, 0.2) is 79.0 Å². The Morgan fingerprint density at radius 1 is 1.05 bits per heavy atom. The summed E-state index contributed by atoms with van der Waals surface area (Å²) in [6, 6.07) is 18.5. The zero-order valence-electron chi connectivity index (χ0n) is 21.2. The second-order valence-corrected chi connectivity index (χ2v) is 8.32. The van der Waals surface area contributed by atoms with Gasteiger partial charge < -0.3 is 25.2 Å². The number of aliphatic carboxylic acids is 1. The molecule has 0 fully saturated rings. The number of anilines is 1. The maximum Gasteiger partial charge on any atom is 0.303 e. The molecule has 0 bridgehead atoms. The summed E-state index contributed by atoms with van der Waals surface area (Å²) in [7, 11) is 3.17. The van der Waals surface area contributed by atoms with Crippen molar-refractivity contribution in [3.63, 3.8) is 0 Å². The molecular weight excluding hydrogens is 489 g/mol. The Morgan fingerprint density at radius 2 is 1.74 bits per heavy atom. The van der Waals surface area contributed by atoms with Gasteiger partial charge in [-0.25, -0.2) is 4.39 Å². The number of hydrogen-bond donors (Lipinski definition) is 4. The number of ketones is 1. The molecule has 4 N–H and O–H groups in total. The van der Waals surface area contributed by atoms with Crippen LogP contribution >= 0.6 is 0 Å². The number of rotatable bonds is 14. The molecular formula is C29H30FN3O5. The van der Waals surface area contributed by atoms with Crippen molar-refractivity contribution in [2.24, 2.45) is 0 Å². The Labute approximate surface area is 220 Å². The molecule has 9 heteroatoms. The number of halogens is 1. The molecule has 0 saturated heterocycles. The lowest BCUT2D eigenvalue weighted by Gasteiger charge is -2.22. The van der Waals surface area contributed by atoms with E-state index in [1.54, 1.807) is 43.6 Å². The lowest BCUT2D eigenvalue weighted by molar-refractivity contribution is -0.137. The minimum Gasteiger partial charge on any atom is -0.497 e. The number of carboxylic acid groups (broad SMARTS) is 1. The summed E-state index contributed by atoms with van der Waals surface area (Å²) in [6.07, 6.45) is 1.89. The SMILES string of the molecule is CN/C=C(\C(=N)C(=O)C(Nc1cc(OC)cc(OCCCC(=O)O)c1)c1ccc(F)cc1)c1ccccc1. The van der Waals surface area contributed by atoms with E-state index in [0.29, 0.717) is 40.3 Å². The predicted molar refractivity (Wildman–Crippen MR) is 144 cm³/mol. The van der Waals surface area contributed by atoms with Crippen LogP contribution in [0.1, 0.15) is 30.0 Å². The van der Waals surface area contributed by atoms with Crippen molar-refractivity contribution < 1.29 is 28.6 Å². The van der Waals surface area contributed by atoms with Crippen LogP contribution in [0.25, 0.3) is 5.57 Å². The molecule has 1 unspecified atom stereocenters. The van der Waals surface area contributed by atoms with Crippen molar-refractivity contribution in [2.75, 3.05) is 26.1 Å². The van der Waals surface area contributed by atoms with E-state index in [9.17, 15) is 14.0 Å². The highest BCUT2D eigenvalue weighted by Gasteiger charge is 2.27. The van der Waals surface area contributed by atoms with E-state index in [-0.39, 0.29) is 18.7 Å². The number of nitrogens with one attached hydrogen (secondary N) is 3. The highest BCUT2D eigenvalue weighted by Crippen LogP contribution is 2.31. The maximum absolute atomic E-state index is 13.8. The van der Waals surface area contributed by atoms with Crippen LogP contribution in [0.2, 0.25) is 0 Å². The average Bonchev–Trinajstić information content (AvgIpc) is 2.93. The van der Waals surface area contributed by atoms with E-state index in [4.69, 9.17) is 20.0 Å². The third kappa shape index (κ3) is 7.67. The average molecular weight is 520 g/mol. The van der Waals surface area contributed by atoms with Gasteiger partial charge in [-0.2, -0.15) is 0 Å². The molecule has 1 atom stereocenters. The molecule has 0 saturated carbocycles. The van der Waals surface area contributed by atoms with E-state index in [1.165, 1.54) is 31.4 Å². The molecule has 3 rings (SSSR count). The van der Waals surface area contributed by atoms with Crippen molar-refractivity contribution in [2.45, 2.75) is 18.9 Å². The smallest absolute Gasteiger partial charge is 0.303 e. The number of allylic oxidation sites excluding steroid dienone is 1. The van der Waals surface area contributed by atoms with Gasteiger partial charge in [-0.1, -0.05) is 42.5 Å². The lowest BCUT2D eigenvalue weighted by Crippen LogP contribution is -2.29. The van der Waals surface area contributed by atoms with Crippen LogP contribution in [0.5, 0.6) is 11.5 Å². The van der Waals surface area contributed by atoms with Gasteiger partial charge in [-0.05, 0) is 29.7 Å². The van der Waals surface area contributed by atoms with Gasteiger partial charge in [0, 0.05) is 49.1 Å². The molecule has 0 aromatic heterocycles. The largest absolute Gasteiger partial charge is 0.497 e. The first kappa shape index (κ1) is 27.9. The molecule has 3 aromatic rings. The quantitative estimate of drug-likeness (QED) is 0.173. The fourth-order valence-corrected chi connectivity index (χ4v) is 3.73. The normalized spacial score (nSPS) is 11.8. The first-order chi connectivity index (χ1) is 18.3. The van der Waals surface area contributed by atoms with Gasteiger partial charge in [0.1, 0.15) is 29.1 Å². The Kier molecular flexibility index (Phi) is 9.99. The maximum atomic E-state index is 13.8. The fraction of sp³-hybridized carbons (Fsp3) is 0.207. The monoisotopic (exact) mass is 519 g/mol. The number of benzene rings is 3. The number of hydrogen-bond acceptors (Lipinski definition) is 7. The summed E-state index contributed by atoms with van der Waals surface area (Å²) in [5, 5.41) is 23.7. The van der Waals surface area contributed by atoms with Gasteiger partial charge in [0.2, 0.25) is 5.78 Å². The molecule has 38 heavy (non-hydrogen) atoms. The van der Waals surface area contributed by atoms with E-state index in [1.807, 2.05) is 18.2 Å². The molecule has 0 heterocycles. The fourth-order valence-electron chi connectivity index (χ4n) is 3.73. The molecule has 198 valence electrons. The molecule has 0 radical (unpaired) electrons. The highest BCUT2D eigenvalue weighted by atomic mass is 19.1. The summed E-state index contributed by atoms with van der Waals surface area (Å²) >= 11 is 0. The summed E-state index contributed by atoms with van der Waals surface area (Å²) in [5.41, 5.74) is 1.79. The molecule has 8 nitrogen and oxygen atoms in total. The van der Waals surface area contributed by atoms with Crippen LogP contribution in [0, 0.1) is 11.2 Å². The molecule has 0 aliphatic rings. The first-order valence-electron chi connectivity index (χ1n) is 11.9. The number of carboxylic acids is 1. The second-order valence-electron chi connectivity index (χ2n) is 8.32. The van der Waals surface area contributed by atoms with Crippen LogP contribution < -0.4 is 20.1 Å². The van der Waals surface area contributed by atoms with Crippen LogP contribution in [0.4, 0.5) is 10.1 Å². The summed E-state index contributed by atoms with van der Waals surface area (Å²) in [6.45, 7) is 0.180.